The Kier molecular flexibility index (Phi) is 7.30. The number of likely N-dealkylation sites (tertiary alicyclic amines) is 1. The number of phenols is 1. The van der Waals surface area contributed by atoms with Gasteiger partial charge in [0.1, 0.15) is 11.5 Å². The minimum Gasteiger partial charge on any atom is -0.507 e. The normalized spacial score (nSPS) is 18.0. The molecule has 1 aliphatic heterocycles. The molecule has 2 heterocycles. The Hall–Kier alpha value is -3.19. The molecule has 1 amide bonds. The smallest absolute Gasteiger partial charge is 0.295 e. The molecule has 2 aromatic rings. The lowest BCUT2D eigenvalue weighted by Crippen LogP contribution is -2.33. The van der Waals surface area contributed by atoms with E-state index in [1.165, 1.54) is 4.90 Å². The maximum atomic E-state index is 13.1. The Balaban J connectivity index is 2.06. The molecule has 0 aliphatic carbocycles. The van der Waals surface area contributed by atoms with Crippen molar-refractivity contribution in [1.29, 1.82) is 0 Å². The zero-order valence-corrected chi connectivity index (χ0v) is 19.1. The number of phenolic OH excluding ortho intramolecular Hbond substituents is 1. The summed E-state index contributed by atoms with van der Waals surface area (Å²) in [7, 11) is 0. The van der Waals surface area contributed by atoms with Crippen molar-refractivity contribution in [1.82, 2.24) is 14.8 Å². The van der Waals surface area contributed by atoms with Crippen molar-refractivity contribution in [2.45, 2.75) is 40.2 Å². The SMILES string of the molecule is CCN(CC)CCCN1C(=O)C(=O)C(=C(O)c2cc(C)c(C)cc2O)[C@H]1c1ccncc1. The van der Waals surface area contributed by atoms with Crippen LogP contribution in [0.5, 0.6) is 5.75 Å². The van der Waals surface area contributed by atoms with Crippen molar-refractivity contribution in [3.63, 3.8) is 0 Å². The highest BCUT2D eigenvalue weighted by molar-refractivity contribution is 6.46. The van der Waals surface area contributed by atoms with Crippen LogP contribution in [-0.4, -0.2) is 62.9 Å². The number of benzene rings is 1. The van der Waals surface area contributed by atoms with Crippen molar-refractivity contribution in [2.24, 2.45) is 0 Å². The first kappa shape index (κ1) is 23.5. The zero-order valence-electron chi connectivity index (χ0n) is 19.1. The van der Waals surface area contributed by atoms with Crippen LogP contribution in [-0.2, 0) is 9.59 Å². The van der Waals surface area contributed by atoms with Gasteiger partial charge in [-0.1, -0.05) is 13.8 Å². The molecule has 0 spiro atoms. The van der Waals surface area contributed by atoms with Crippen LogP contribution in [0.15, 0.2) is 42.2 Å². The van der Waals surface area contributed by atoms with Gasteiger partial charge in [0.05, 0.1) is 17.2 Å². The van der Waals surface area contributed by atoms with Crippen LogP contribution in [0.2, 0.25) is 0 Å². The van der Waals surface area contributed by atoms with Gasteiger partial charge in [-0.2, -0.15) is 0 Å². The Morgan fingerprint density at radius 1 is 1.09 bits per heavy atom. The van der Waals surface area contributed by atoms with Crippen LogP contribution in [0.25, 0.3) is 5.76 Å². The first-order valence-electron chi connectivity index (χ1n) is 11.0. The van der Waals surface area contributed by atoms with Gasteiger partial charge in [0.2, 0.25) is 0 Å². The molecule has 0 radical (unpaired) electrons. The van der Waals surface area contributed by atoms with E-state index in [9.17, 15) is 19.8 Å². The lowest BCUT2D eigenvalue weighted by molar-refractivity contribution is -0.140. The number of aromatic hydroxyl groups is 1. The van der Waals surface area contributed by atoms with Crippen molar-refractivity contribution >= 4 is 17.4 Å². The fraction of sp³-hybridized carbons (Fsp3) is 0.400. The molecular formula is C25H31N3O4. The Morgan fingerprint density at radius 2 is 1.72 bits per heavy atom. The van der Waals surface area contributed by atoms with Crippen LogP contribution < -0.4 is 0 Å². The van der Waals surface area contributed by atoms with Crippen LogP contribution >= 0.6 is 0 Å². The highest BCUT2D eigenvalue weighted by Gasteiger charge is 2.46. The summed E-state index contributed by atoms with van der Waals surface area (Å²) in [6.07, 6.45) is 3.89. The summed E-state index contributed by atoms with van der Waals surface area (Å²) in [6.45, 7) is 10.9. The van der Waals surface area contributed by atoms with Crippen molar-refractivity contribution in [3.8, 4) is 5.75 Å². The molecule has 3 rings (SSSR count). The van der Waals surface area contributed by atoms with E-state index in [-0.39, 0.29) is 22.6 Å². The molecule has 2 N–H and O–H groups in total. The van der Waals surface area contributed by atoms with Crippen molar-refractivity contribution in [2.75, 3.05) is 26.2 Å². The molecule has 32 heavy (non-hydrogen) atoms. The summed E-state index contributed by atoms with van der Waals surface area (Å²) < 4.78 is 0. The number of rotatable bonds is 8. The number of aliphatic hydroxyl groups excluding tert-OH is 1. The van der Waals surface area contributed by atoms with Gasteiger partial charge in [-0.25, -0.2) is 0 Å². The van der Waals surface area contributed by atoms with Crippen LogP contribution in [0.1, 0.15) is 48.6 Å². The molecule has 170 valence electrons. The molecule has 0 unspecified atom stereocenters. The molecule has 1 aromatic carbocycles. The Morgan fingerprint density at radius 3 is 2.34 bits per heavy atom. The predicted molar refractivity (Wildman–Crippen MR) is 123 cm³/mol. The second kappa shape index (κ2) is 9.96. The first-order chi connectivity index (χ1) is 15.3. The number of hydrogen-bond donors (Lipinski definition) is 2. The number of aromatic nitrogens is 1. The largest absolute Gasteiger partial charge is 0.507 e. The van der Waals surface area contributed by atoms with Gasteiger partial charge in [0.25, 0.3) is 11.7 Å². The quantitative estimate of drug-likeness (QED) is 0.373. The van der Waals surface area contributed by atoms with Gasteiger partial charge in [0, 0.05) is 18.9 Å². The van der Waals surface area contributed by atoms with Gasteiger partial charge in [-0.15, -0.1) is 0 Å². The molecule has 1 aliphatic rings. The van der Waals surface area contributed by atoms with E-state index in [0.29, 0.717) is 18.5 Å². The van der Waals surface area contributed by atoms with Gasteiger partial charge in [-0.3, -0.25) is 14.6 Å². The molecule has 1 aromatic heterocycles. The van der Waals surface area contributed by atoms with E-state index in [1.54, 1.807) is 36.7 Å². The maximum Gasteiger partial charge on any atom is 0.295 e. The fourth-order valence-corrected chi connectivity index (χ4v) is 4.14. The Labute approximate surface area is 189 Å². The average molecular weight is 438 g/mol. The van der Waals surface area contributed by atoms with E-state index in [4.69, 9.17) is 0 Å². The fourth-order valence-electron chi connectivity index (χ4n) is 4.14. The molecule has 1 atom stereocenters. The van der Waals surface area contributed by atoms with E-state index in [2.05, 4.69) is 23.7 Å². The number of carbonyl (C=O) groups excluding carboxylic acids is 2. The summed E-state index contributed by atoms with van der Waals surface area (Å²) in [5, 5.41) is 21.6. The molecule has 1 saturated heterocycles. The third-order valence-electron chi connectivity index (χ3n) is 6.20. The highest BCUT2D eigenvalue weighted by Crippen LogP contribution is 2.41. The topological polar surface area (TPSA) is 94.0 Å². The summed E-state index contributed by atoms with van der Waals surface area (Å²) in [4.78, 5) is 33.9. The van der Waals surface area contributed by atoms with E-state index >= 15 is 0 Å². The molecular weight excluding hydrogens is 406 g/mol. The van der Waals surface area contributed by atoms with E-state index < -0.39 is 17.7 Å². The van der Waals surface area contributed by atoms with Gasteiger partial charge in [0.15, 0.2) is 0 Å². The number of hydrogen-bond acceptors (Lipinski definition) is 6. The Bertz CT molecular complexity index is 1030. The third-order valence-corrected chi connectivity index (χ3v) is 6.20. The third kappa shape index (κ3) is 4.53. The predicted octanol–water partition coefficient (Wildman–Crippen LogP) is 3.56. The van der Waals surface area contributed by atoms with Crippen molar-refractivity contribution < 1.29 is 19.8 Å². The molecule has 7 nitrogen and oxygen atoms in total. The average Bonchev–Trinajstić information content (AvgIpc) is 3.04. The number of ketones is 1. The number of amides is 1. The number of Topliss-reactive ketones (excluding diaryl/α,β-unsaturated/α-hetero) is 1. The number of aliphatic hydroxyl groups is 1. The summed E-state index contributed by atoms with van der Waals surface area (Å²) in [6, 6.07) is 5.92. The highest BCUT2D eigenvalue weighted by atomic mass is 16.3. The van der Waals surface area contributed by atoms with Gasteiger partial charge >= 0.3 is 0 Å². The van der Waals surface area contributed by atoms with Crippen LogP contribution in [0.3, 0.4) is 0 Å². The zero-order chi connectivity index (χ0) is 23.4. The number of nitrogens with zero attached hydrogens (tertiary/aromatic N) is 3. The minimum atomic E-state index is -0.746. The van der Waals surface area contributed by atoms with Gasteiger partial charge in [-0.05, 0) is 80.9 Å². The lowest BCUT2D eigenvalue weighted by Gasteiger charge is -2.26. The molecule has 0 bridgehead atoms. The van der Waals surface area contributed by atoms with E-state index in [1.807, 2.05) is 13.8 Å². The second-order valence-electron chi connectivity index (χ2n) is 8.11. The van der Waals surface area contributed by atoms with E-state index in [0.717, 1.165) is 30.8 Å². The maximum absolute atomic E-state index is 13.1. The minimum absolute atomic E-state index is 0.0115. The van der Waals surface area contributed by atoms with Gasteiger partial charge < -0.3 is 20.0 Å². The second-order valence-corrected chi connectivity index (χ2v) is 8.11. The van der Waals surface area contributed by atoms with Crippen LogP contribution in [0, 0.1) is 13.8 Å². The summed E-state index contributed by atoms with van der Waals surface area (Å²) >= 11 is 0. The molecule has 0 saturated carbocycles. The molecule has 1 fully saturated rings. The number of carbonyl (C=O) groups is 2. The first-order valence-corrected chi connectivity index (χ1v) is 11.0. The number of aryl methyl sites for hydroxylation is 2. The lowest BCUT2D eigenvalue weighted by atomic mass is 9.94. The summed E-state index contributed by atoms with van der Waals surface area (Å²) in [5.74, 6) is -1.88. The van der Waals surface area contributed by atoms with Crippen LogP contribution in [0.4, 0.5) is 0 Å². The number of pyridine rings is 1. The monoisotopic (exact) mass is 437 g/mol. The standard InChI is InChI=1S/C25H31N3O4/c1-5-27(6-2)12-7-13-28-22(18-8-10-26-11-9-18)21(24(31)25(28)32)23(30)19-14-16(3)17(4)15-20(19)29/h8-11,14-15,22,29-30H,5-7,12-13H2,1-4H3/t22-/m1/s1. The van der Waals surface area contributed by atoms with Crippen molar-refractivity contribution in [3.05, 3.63) is 64.5 Å². The molecule has 7 heteroatoms. The summed E-state index contributed by atoms with van der Waals surface area (Å²) in [5.41, 5.74) is 2.54.